The number of fused-ring (bicyclic) bond motifs is 1. The summed E-state index contributed by atoms with van der Waals surface area (Å²) in [5.41, 5.74) is 2.03. The lowest BCUT2D eigenvalue weighted by atomic mass is 10.2. The lowest BCUT2D eigenvalue weighted by Crippen LogP contribution is -2.38. The monoisotopic (exact) mass is 383 g/mol. The third kappa shape index (κ3) is 4.89. The molecule has 0 aliphatic carbocycles. The normalized spacial score (nSPS) is 16.3. The summed E-state index contributed by atoms with van der Waals surface area (Å²) in [4.78, 5) is 38.7. The summed E-state index contributed by atoms with van der Waals surface area (Å²) in [5.74, 6) is -0.488. The largest absolute Gasteiger partial charge is 0.326 e. The quantitative estimate of drug-likeness (QED) is 0.847. The Labute approximate surface area is 162 Å². The van der Waals surface area contributed by atoms with E-state index < -0.39 is 0 Å². The smallest absolute Gasteiger partial charge is 0.244 e. The van der Waals surface area contributed by atoms with Crippen LogP contribution in [0, 0.1) is 0 Å². The fourth-order valence-electron chi connectivity index (χ4n) is 2.89. The van der Waals surface area contributed by atoms with E-state index in [2.05, 4.69) is 10.6 Å². The molecule has 0 spiro atoms. The summed E-state index contributed by atoms with van der Waals surface area (Å²) in [6.45, 7) is 3.40. The standard InChI is InChI=1S/C20H21N3O3S/c1-13-11-20(26)23(17-5-3-4-6-18(17)27-13)12-19(25)22-16-9-7-15(8-10-16)21-14(2)24/h3-10,13H,11-12H2,1-2H3,(H,21,24)(H,22,25)/t13-/m1/s1. The van der Waals surface area contributed by atoms with E-state index in [0.717, 1.165) is 10.6 Å². The van der Waals surface area contributed by atoms with Crippen molar-refractivity contribution >= 4 is 46.5 Å². The van der Waals surface area contributed by atoms with E-state index in [1.54, 1.807) is 40.9 Å². The Morgan fingerprint density at radius 3 is 2.37 bits per heavy atom. The van der Waals surface area contributed by atoms with Crippen LogP contribution in [0.15, 0.2) is 53.4 Å². The van der Waals surface area contributed by atoms with Gasteiger partial charge in [0.05, 0.1) is 5.69 Å². The number of nitrogens with one attached hydrogen (secondary N) is 2. The Bertz CT molecular complexity index is 867. The molecule has 2 N–H and O–H groups in total. The van der Waals surface area contributed by atoms with Gasteiger partial charge >= 0.3 is 0 Å². The first kappa shape index (κ1) is 19.0. The van der Waals surface area contributed by atoms with Gasteiger partial charge in [-0.05, 0) is 36.4 Å². The van der Waals surface area contributed by atoms with Crippen LogP contribution in [0.25, 0.3) is 0 Å². The SMILES string of the molecule is CC(=O)Nc1ccc(NC(=O)CN2C(=O)C[C@@H](C)Sc3ccccc32)cc1. The summed E-state index contributed by atoms with van der Waals surface area (Å²) in [5, 5.41) is 5.63. The maximum atomic E-state index is 12.6. The Morgan fingerprint density at radius 2 is 1.70 bits per heavy atom. The zero-order valence-electron chi connectivity index (χ0n) is 15.2. The average Bonchev–Trinajstić information content (AvgIpc) is 2.72. The van der Waals surface area contributed by atoms with E-state index >= 15 is 0 Å². The van der Waals surface area contributed by atoms with Gasteiger partial charge in [0.25, 0.3) is 0 Å². The molecule has 27 heavy (non-hydrogen) atoms. The van der Waals surface area contributed by atoms with Crippen molar-refractivity contribution < 1.29 is 14.4 Å². The molecule has 1 aliphatic heterocycles. The van der Waals surface area contributed by atoms with Crippen LogP contribution in [0.4, 0.5) is 17.1 Å². The minimum atomic E-state index is -0.273. The highest BCUT2D eigenvalue weighted by Crippen LogP contribution is 2.37. The highest BCUT2D eigenvalue weighted by molar-refractivity contribution is 8.00. The van der Waals surface area contributed by atoms with Gasteiger partial charge in [0.15, 0.2) is 0 Å². The lowest BCUT2D eigenvalue weighted by molar-refractivity contribution is -0.121. The molecule has 2 aromatic carbocycles. The summed E-state index contributed by atoms with van der Waals surface area (Å²) in [6, 6.07) is 14.5. The summed E-state index contributed by atoms with van der Waals surface area (Å²) in [7, 11) is 0. The molecule has 0 unspecified atom stereocenters. The van der Waals surface area contributed by atoms with Gasteiger partial charge in [-0.2, -0.15) is 0 Å². The van der Waals surface area contributed by atoms with Crippen molar-refractivity contribution in [1.29, 1.82) is 0 Å². The van der Waals surface area contributed by atoms with E-state index in [0.29, 0.717) is 17.8 Å². The molecule has 7 heteroatoms. The molecule has 0 fully saturated rings. The molecule has 3 amide bonds. The van der Waals surface area contributed by atoms with Gasteiger partial charge in [-0.1, -0.05) is 19.1 Å². The predicted molar refractivity (Wildman–Crippen MR) is 108 cm³/mol. The maximum Gasteiger partial charge on any atom is 0.244 e. The minimum Gasteiger partial charge on any atom is -0.326 e. The van der Waals surface area contributed by atoms with Crippen molar-refractivity contribution in [3.8, 4) is 0 Å². The second-order valence-corrected chi connectivity index (χ2v) is 7.87. The molecule has 1 atom stereocenters. The molecule has 3 rings (SSSR count). The Balaban J connectivity index is 1.71. The number of carbonyl (C=O) groups is 3. The molecule has 0 saturated carbocycles. The second kappa shape index (κ2) is 8.26. The molecule has 2 aromatic rings. The van der Waals surface area contributed by atoms with Gasteiger partial charge < -0.3 is 15.5 Å². The van der Waals surface area contributed by atoms with Crippen molar-refractivity contribution in [1.82, 2.24) is 0 Å². The zero-order valence-corrected chi connectivity index (χ0v) is 16.0. The topological polar surface area (TPSA) is 78.5 Å². The second-order valence-electron chi connectivity index (χ2n) is 6.39. The van der Waals surface area contributed by atoms with Crippen molar-refractivity contribution in [2.45, 2.75) is 30.4 Å². The Hall–Kier alpha value is -2.80. The van der Waals surface area contributed by atoms with E-state index in [-0.39, 0.29) is 29.5 Å². The van der Waals surface area contributed by atoms with Crippen LogP contribution in [-0.2, 0) is 14.4 Å². The van der Waals surface area contributed by atoms with Crippen molar-refractivity contribution in [3.05, 3.63) is 48.5 Å². The number of hydrogen-bond acceptors (Lipinski definition) is 4. The van der Waals surface area contributed by atoms with Gasteiger partial charge in [-0.25, -0.2) is 0 Å². The Kier molecular flexibility index (Phi) is 5.81. The van der Waals surface area contributed by atoms with E-state index in [1.807, 2.05) is 31.2 Å². The third-order valence-electron chi connectivity index (χ3n) is 4.04. The van der Waals surface area contributed by atoms with Crippen LogP contribution in [0.5, 0.6) is 0 Å². The molecule has 0 saturated heterocycles. The van der Waals surface area contributed by atoms with Crippen LogP contribution < -0.4 is 15.5 Å². The first-order valence-corrected chi connectivity index (χ1v) is 9.54. The first-order valence-electron chi connectivity index (χ1n) is 8.66. The number of benzene rings is 2. The van der Waals surface area contributed by atoms with Crippen molar-refractivity contribution in [2.24, 2.45) is 0 Å². The summed E-state index contributed by atoms with van der Waals surface area (Å²) in [6.07, 6.45) is 0.387. The van der Waals surface area contributed by atoms with Crippen LogP contribution in [0.3, 0.4) is 0 Å². The predicted octanol–water partition coefficient (Wildman–Crippen LogP) is 3.50. The minimum absolute atomic E-state index is 0.0451. The van der Waals surface area contributed by atoms with Crippen LogP contribution in [0.2, 0.25) is 0 Å². The highest BCUT2D eigenvalue weighted by atomic mass is 32.2. The molecule has 0 aromatic heterocycles. The van der Waals surface area contributed by atoms with E-state index in [1.165, 1.54) is 6.92 Å². The van der Waals surface area contributed by atoms with E-state index in [9.17, 15) is 14.4 Å². The molecule has 1 aliphatic rings. The number of amides is 3. The molecular weight excluding hydrogens is 362 g/mol. The number of rotatable bonds is 4. The molecule has 0 bridgehead atoms. The number of nitrogens with zero attached hydrogens (tertiary/aromatic N) is 1. The first-order chi connectivity index (χ1) is 12.9. The van der Waals surface area contributed by atoms with Crippen LogP contribution in [0.1, 0.15) is 20.3 Å². The van der Waals surface area contributed by atoms with Gasteiger partial charge in [-0.3, -0.25) is 14.4 Å². The number of thioether (sulfide) groups is 1. The van der Waals surface area contributed by atoms with Gasteiger partial charge in [-0.15, -0.1) is 11.8 Å². The van der Waals surface area contributed by atoms with Crippen LogP contribution >= 0.6 is 11.8 Å². The molecule has 140 valence electrons. The van der Waals surface area contributed by atoms with Gasteiger partial charge in [0.2, 0.25) is 17.7 Å². The average molecular weight is 383 g/mol. The molecule has 1 heterocycles. The number of hydrogen-bond donors (Lipinski definition) is 2. The fourth-order valence-corrected chi connectivity index (χ4v) is 4.00. The van der Waals surface area contributed by atoms with Crippen molar-refractivity contribution in [3.63, 3.8) is 0 Å². The highest BCUT2D eigenvalue weighted by Gasteiger charge is 2.27. The number of carbonyl (C=O) groups excluding carboxylic acids is 3. The lowest BCUT2D eigenvalue weighted by Gasteiger charge is -2.22. The third-order valence-corrected chi connectivity index (χ3v) is 5.21. The van der Waals surface area contributed by atoms with Gasteiger partial charge in [0, 0.05) is 34.9 Å². The number of anilines is 3. The van der Waals surface area contributed by atoms with E-state index in [4.69, 9.17) is 0 Å². The van der Waals surface area contributed by atoms with Gasteiger partial charge in [0.1, 0.15) is 6.54 Å². The van der Waals surface area contributed by atoms with Crippen LogP contribution in [-0.4, -0.2) is 29.5 Å². The zero-order chi connectivity index (χ0) is 19.4. The fraction of sp³-hybridized carbons (Fsp3) is 0.250. The molecule has 6 nitrogen and oxygen atoms in total. The Morgan fingerprint density at radius 1 is 1.07 bits per heavy atom. The summed E-state index contributed by atoms with van der Waals surface area (Å²) < 4.78 is 0. The maximum absolute atomic E-state index is 12.6. The van der Waals surface area contributed by atoms with Crippen molar-refractivity contribution in [2.75, 3.05) is 22.1 Å². The molecule has 0 radical (unpaired) electrons. The molecular formula is C20H21N3O3S. The number of para-hydroxylation sites is 1. The summed E-state index contributed by atoms with van der Waals surface area (Å²) >= 11 is 1.65.